The van der Waals surface area contributed by atoms with E-state index in [0.717, 1.165) is 18.8 Å². The highest BCUT2D eigenvalue weighted by atomic mass is 32.1. The van der Waals surface area contributed by atoms with Crippen LogP contribution in [-0.2, 0) is 6.54 Å². The van der Waals surface area contributed by atoms with Crippen molar-refractivity contribution in [3.63, 3.8) is 0 Å². The van der Waals surface area contributed by atoms with Crippen molar-refractivity contribution in [1.82, 2.24) is 0 Å². The molecule has 0 radical (unpaired) electrons. The Morgan fingerprint density at radius 1 is 1.40 bits per heavy atom. The summed E-state index contributed by atoms with van der Waals surface area (Å²) < 4.78 is 5.11. The fourth-order valence-electron chi connectivity index (χ4n) is 1.99. The Balaban J connectivity index is 2.28. The summed E-state index contributed by atoms with van der Waals surface area (Å²) in [6.07, 6.45) is 0. The molecule has 0 aliphatic heterocycles. The molecule has 0 spiro atoms. The van der Waals surface area contributed by atoms with E-state index in [9.17, 15) is 10.1 Å². The van der Waals surface area contributed by atoms with Crippen molar-refractivity contribution >= 4 is 22.7 Å². The average Bonchev–Trinajstić information content (AvgIpc) is 2.96. The smallest absolute Gasteiger partial charge is 0.311 e. The van der Waals surface area contributed by atoms with Crippen LogP contribution in [0.15, 0.2) is 35.7 Å². The largest absolute Gasteiger partial charge is 0.490 e. The second-order valence-electron chi connectivity index (χ2n) is 4.21. The van der Waals surface area contributed by atoms with E-state index in [2.05, 4.69) is 17.9 Å². The van der Waals surface area contributed by atoms with Crippen LogP contribution in [0, 0.1) is 10.1 Å². The molecule has 0 unspecified atom stereocenters. The monoisotopic (exact) mass is 292 g/mol. The summed E-state index contributed by atoms with van der Waals surface area (Å²) in [5.74, 6) is 0.289. The average molecular weight is 292 g/mol. The van der Waals surface area contributed by atoms with Gasteiger partial charge in [-0.15, -0.1) is 11.3 Å². The number of nitro benzene ring substituents is 1. The van der Waals surface area contributed by atoms with Crippen LogP contribution in [0.3, 0.4) is 0 Å². The third-order valence-corrected chi connectivity index (χ3v) is 3.89. The molecule has 2 aromatic rings. The summed E-state index contributed by atoms with van der Waals surface area (Å²) in [4.78, 5) is 13.9. The molecule has 0 aliphatic carbocycles. The van der Waals surface area contributed by atoms with E-state index in [1.165, 1.54) is 18.1 Å². The van der Waals surface area contributed by atoms with Crippen LogP contribution in [0.4, 0.5) is 11.4 Å². The van der Waals surface area contributed by atoms with E-state index in [-0.39, 0.29) is 11.4 Å². The number of ether oxygens (including phenoxy) is 1. The molecule has 0 aliphatic rings. The van der Waals surface area contributed by atoms with Crippen molar-refractivity contribution in [3.8, 4) is 5.75 Å². The molecule has 0 N–H and O–H groups in total. The molecule has 0 fully saturated rings. The SMILES string of the molecule is CCN(Cc1cccs1)c1ccc([N+](=O)[O-])c(OC)c1. The Kier molecular flexibility index (Phi) is 4.57. The van der Waals surface area contributed by atoms with Gasteiger partial charge < -0.3 is 9.64 Å². The zero-order chi connectivity index (χ0) is 14.5. The minimum Gasteiger partial charge on any atom is -0.490 e. The number of nitro groups is 1. The number of hydrogen-bond donors (Lipinski definition) is 0. The van der Waals surface area contributed by atoms with Crippen LogP contribution in [0.2, 0.25) is 0 Å². The molecule has 106 valence electrons. The first-order chi connectivity index (χ1) is 9.65. The zero-order valence-electron chi connectivity index (χ0n) is 11.4. The van der Waals surface area contributed by atoms with E-state index in [1.54, 1.807) is 23.5 Å². The quantitative estimate of drug-likeness (QED) is 0.602. The van der Waals surface area contributed by atoms with Gasteiger partial charge >= 0.3 is 5.69 Å². The van der Waals surface area contributed by atoms with Gasteiger partial charge in [-0.1, -0.05) is 6.07 Å². The van der Waals surface area contributed by atoms with Crippen LogP contribution in [0.1, 0.15) is 11.8 Å². The molecule has 20 heavy (non-hydrogen) atoms. The second kappa shape index (κ2) is 6.38. The first-order valence-corrected chi connectivity index (χ1v) is 7.13. The van der Waals surface area contributed by atoms with Crippen LogP contribution in [0.5, 0.6) is 5.75 Å². The van der Waals surface area contributed by atoms with E-state index in [4.69, 9.17) is 4.74 Å². The van der Waals surface area contributed by atoms with Gasteiger partial charge in [0.25, 0.3) is 0 Å². The molecule has 1 aromatic carbocycles. The van der Waals surface area contributed by atoms with Crippen LogP contribution in [0.25, 0.3) is 0 Å². The first kappa shape index (κ1) is 14.3. The molecule has 2 rings (SSSR count). The molecule has 0 bridgehead atoms. The van der Waals surface area contributed by atoms with Crippen molar-refractivity contribution in [2.75, 3.05) is 18.6 Å². The lowest BCUT2D eigenvalue weighted by Gasteiger charge is -2.22. The predicted molar refractivity (Wildman–Crippen MR) is 80.7 cm³/mol. The lowest BCUT2D eigenvalue weighted by Crippen LogP contribution is -2.21. The lowest BCUT2D eigenvalue weighted by molar-refractivity contribution is -0.385. The van der Waals surface area contributed by atoms with Crippen LogP contribution in [-0.4, -0.2) is 18.6 Å². The van der Waals surface area contributed by atoms with Gasteiger partial charge in [0.15, 0.2) is 5.75 Å². The topological polar surface area (TPSA) is 55.6 Å². The third-order valence-electron chi connectivity index (χ3n) is 3.03. The molecule has 1 heterocycles. The van der Waals surface area contributed by atoms with Gasteiger partial charge in [0.2, 0.25) is 0 Å². The van der Waals surface area contributed by atoms with Crippen LogP contribution < -0.4 is 9.64 Å². The van der Waals surface area contributed by atoms with E-state index in [1.807, 2.05) is 11.4 Å². The normalized spacial score (nSPS) is 10.3. The van der Waals surface area contributed by atoms with Crippen molar-refractivity contribution in [3.05, 3.63) is 50.7 Å². The molecule has 0 atom stereocenters. The zero-order valence-corrected chi connectivity index (χ0v) is 12.2. The van der Waals surface area contributed by atoms with E-state index >= 15 is 0 Å². The highest BCUT2D eigenvalue weighted by molar-refractivity contribution is 7.09. The molecule has 0 saturated heterocycles. The molecular formula is C14H16N2O3S. The number of methoxy groups -OCH3 is 1. The molecule has 6 heteroatoms. The number of benzene rings is 1. The van der Waals surface area contributed by atoms with Crippen LogP contribution >= 0.6 is 11.3 Å². The van der Waals surface area contributed by atoms with E-state index < -0.39 is 4.92 Å². The number of rotatable bonds is 6. The standard InChI is InChI=1S/C14H16N2O3S/c1-3-15(10-12-5-4-8-20-12)11-6-7-13(16(17)18)14(9-11)19-2/h4-9H,3,10H2,1-2H3. The van der Waals surface area contributed by atoms with E-state index in [0.29, 0.717) is 0 Å². The number of nitrogens with zero attached hydrogens (tertiary/aromatic N) is 2. The fraction of sp³-hybridized carbons (Fsp3) is 0.286. The number of thiophene rings is 1. The predicted octanol–water partition coefficient (Wildman–Crippen LogP) is 3.69. The Hall–Kier alpha value is -2.08. The Bertz CT molecular complexity index is 584. The van der Waals surface area contributed by atoms with Crippen molar-refractivity contribution in [1.29, 1.82) is 0 Å². The summed E-state index contributed by atoms with van der Waals surface area (Å²) in [7, 11) is 1.45. The Labute approximate surface area is 121 Å². The number of anilines is 1. The molecular weight excluding hydrogens is 276 g/mol. The minimum atomic E-state index is -0.432. The van der Waals surface area contributed by atoms with Crippen molar-refractivity contribution in [2.24, 2.45) is 0 Å². The summed E-state index contributed by atoms with van der Waals surface area (Å²) >= 11 is 1.70. The van der Waals surface area contributed by atoms with Crippen molar-refractivity contribution < 1.29 is 9.66 Å². The first-order valence-electron chi connectivity index (χ1n) is 6.25. The molecule has 1 aromatic heterocycles. The second-order valence-corrected chi connectivity index (χ2v) is 5.24. The summed E-state index contributed by atoms with van der Waals surface area (Å²) in [5, 5.41) is 12.9. The van der Waals surface area contributed by atoms with Gasteiger partial charge in [0.05, 0.1) is 18.6 Å². The summed E-state index contributed by atoms with van der Waals surface area (Å²) in [6, 6.07) is 9.07. The maximum atomic E-state index is 10.9. The van der Waals surface area contributed by atoms with Gasteiger partial charge in [-0.05, 0) is 24.4 Å². The number of hydrogen-bond acceptors (Lipinski definition) is 5. The third kappa shape index (κ3) is 3.08. The highest BCUT2D eigenvalue weighted by Crippen LogP contribution is 2.32. The molecule has 5 nitrogen and oxygen atoms in total. The molecule has 0 saturated carbocycles. The van der Waals surface area contributed by atoms with Crippen molar-refractivity contribution in [2.45, 2.75) is 13.5 Å². The Morgan fingerprint density at radius 2 is 2.20 bits per heavy atom. The van der Waals surface area contributed by atoms with Gasteiger partial charge in [-0.2, -0.15) is 0 Å². The van der Waals surface area contributed by atoms with Gasteiger partial charge in [-0.3, -0.25) is 10.1 Å². The fourth-order valence-corrected chi connectivity index (χ4v) is 2.71. The lowest BCUT2D eigenvalue weighted by atomic mass is 10.2. The Morgan fingerprint density at radius 3 is 2.75 bits per heavy atom. The minimum absolute atomic E-state index is 0.0107. The van der Waals surface area contributed by atoms with Gasteiger partial charge in [0.1, 0.15) is 0 Å². The maximum absolute atomic E-state index is 10.9. The summed E-state index contributed by atoms with van der Waals surface area (Å²) in [5.41, 5.74) is 0.909. The van der Waals surface area contributed by atoms with Gasteiger partial charge in [0, 0.05) is 29.2 Å². The summed E-state index contributed by atoms with van der Waals surface area (Å²) in [6.45, 7) is 3.66. The van der Waals surface area contributed by atoms with Gasteiger partial charge in [-0.25, -0.2) is 0 Å². The maximum Gasteiger partial charge on any atom is 0.311 e. The highest BCUT2D eigenvalue weighted by Gasteiger charge is 2.17. The molecule has 0 amide bonds.